The second kappa shape index (κ2) is 17.8. The number of amidine groups is 1. The standard InChI is InChI=1S/C39H47Cl2N7O3/c1-5-51-34-22-35(39(2,3)4)43-25-33(34)37(45-24-28-6-10-31(40)11-7-28)48(26-30-8-12-32(41)13-9-30)38(50)47-20-18-46(19-21-47)27-36(49)44-23-29-14-16-42-17-15-29/h6,8-17,22,25,28H,5,7,18-21,23-24,26-27H2,1-4H3,(H,44,49)/b45-37-. The Morgan fingerprint density at radius 1 is 1.04 bits per heavy atom. The molecule has 3 heterocycles. The second-order valence-corrected chi connectivity index (χ2v) is 14.6. The summed E-state index contributed by atoms with van der Waals surface area (Å²) in [6.45, 7) is 12.1. The Balaban J connectivity index is 1.42. The maximum absolute atomic E-state index is 14.7. The van der Waals surface area contributed by atoms with Gasteiger partial charge in [-0.1, -0.05) is 68.3 Å². The van der Waals surface area contributed by atoms with Crippen LogP contribution in [0.1, 0.15) is 56.5 Å². The minimum absolute atomic E-state index is 0.0621. The first-order valence-corrected chi connectivity index (χ1v) is 18.2. The van der Waals surface area contributed by atoms with Gasteiger partial charge in [-0.25, -0.2) is 4.79 Å². The third-order valence-electron chi connectivity index (χ3n) is 8.78. The van der Waals surface area contributed by atoms with Gasteiger partial charge >= 0.3 is 6.03 Å². The summed E-state index contributed by atoms with van der Waals surface area (Å²) in [4.78, 5) is 47.1. The highest BCUT2D eigenvalue weighted by molar-refractivity contribution is 6.31. The Kier molecular flexibility index (Phi) is 13.3. The molecule has 10 nitrogen and oxygen atoms in total. The normalized spacial score (nSPS) is 16.8. The number of pyridine rings is 2. The first kappa shape index (κ1) is 38.0. The van der Waals surface area contributed by atoms with E-state index in [1.165, 1.54) is 0 Å². The SMILES string of the molecule is CCOc1cc(C(C)(C)C)ncc1/C(=N/CC1C=CC(Cl)=CC1)N(Cc1ccc(Cl)cc1)C(=O)N1CCN(CC(=O)NCc2ccncc2)CC1. The molecule has 1 aliphatic heterocycles. The molecule has 270 valence electrons. The number of rotatable bonds is 11. The van der Waals surface area contributed by atoms with Crippen molar-refractivity contribution < 1.29 is 14.3 Å². The molecule has 1 saturated heterocycles. The van der Waals surface area contributed by atoms with Crippen LogP contribution in [0.5, 0.6) is 5.75 Å². The van der Waals surface area contributed by atoms with Crippen molar-refractivity contribution in [1.82, 2.24) is 30.0 Å². The maximum Gasteiger partial charge on any atom is 0.326 e. The molecule has 2 aliphatic rings. The lowest BCUT2D eigenvalue weighted by molar-refractivity contribution is -0.122. The monoisotopic (exact) mass is 731 g/mol. The van der Waals surface area contributed by atoms with E-state index in [1.807, 2.05) is 66.4 Å². The molecule has 51 heavy (non-hydrogen) atoms. The summed E-state index contributed by atoms with van der Waals surface area (Å²) in [5, 5.41) is 4.30. The molecule has 12 heteroatoms. The van der Waals surface area contributed by atoms with Gasteiger partial charge in [0.05, 0.1) is 25.3 Å². The lowest BCUT2D eigenvalue weighted by Crippen LogP contribution is -2.55. The third-order valence-corrected chi connectivity index (χ3v) is 9.32. The van der Waals surface area contributed by atoms with E-state index in [0.717, 1.165) is 23.2 Å². The van der Waals surface area contributed by atoms with E-state index < -0.39 is 0 Å². The maximum atomic E-state index is 14.7. The van der Waals surface area contributed by atoms with Crippen molar-refractivity contribution in [2.45, 2.75) is 52.6 Å². The summed E-state index contributed by atoms with van der Waals surface area (Å²) >= 11 is 12.5. The van der Waals surface area contributed by atoms with E-state index in [2.05, 4.69) is 42.0 Å². The highest BCUT2D eigenvalue weighted by Gasteiger charge is 2.32. The van der Waals surface area contributed by atoms with Gasteiger partial charge in [-0.05, 0) is 54.8 Å². The van der Waals surface area contributed by atoms with Gasteiger partial charge in [-0.2, -0.15) is 0 Å². The van der Waals surface area contributed by atoms with Crippen molar-refractivity contribution in [1.29, 1.82) is 0 Å². The van der Waals surface area contributed by atoms with E-state index in [0.29, 0.717) is 73.1 Å². The smallest absolute Gasteiger partial charge is 0.326 e. The van der Waals surface area contributed by atoms with Gasteiger partial charge in [0.25, 0.3) is 0 Å². The minimum Gasteiger partial charge on any atom is -0.493 e. The number of ether oxygens (including phenoxy) is 1. The number of piperazine rings is 1. The summed E-state index contributed by atoms with van der Waals surface area (Å²) in [5.41, 5.74) is 3.19. The molecule has 1 atom stereocenters. The van der Waals surface area contributed by atoms with Gasteiger partial charge < -0.3 is 15.0 Å². The van der Waals surface area contributed by atoms with Crippen LogP contribution in [0.15, 0.2) is 89.3 Å². The van der Waals surface area contributed by atoms with Crippen LogP contribution in [-0.2, 0) is 23.3 Å². The predicted molar refractivity (Wildman–Crippen MR) is 203 cm³/mol. The minimum atomic E-state index is -0.214. The highest BCUT2D eigenvalue weighted by atomic mass is 35.5. The lowest BCUT2D eigenvalue weighted by Gasteiger charge is -2.38. The number of aromatic nitrogens is 2. The van der Waals surface area contributed by atoms with Crippen LogP contribution in [-0.4, -0.2) is 88.3 Å². The number of urea groups is 1. The molecule has 0 bridgehead atoms. The molecule has 1 unspecified atom stereocenters. The molecule has 1 N–H and O–H groups in total. The van der Waals surface area contributed by atoms with Gasteiger partial charge in [0.15, 0.2) is 0 Å². The molecule has 1 fully saturated rings. The van der Waals surface area contributed by atoms with Crippen LogP contribution in [0, 0.1) is 5.92 Å². The van der Waals surface area contributed by atoms with Crippen LogP contribution in [0.2, 0.25) is 5.02 Å². The van der Waals surface area contributed by atoms with E-state index in [1.54, 1.807) is 23.5 Å². The molecule has 0 spiro atoms. The topological polar surface area (TPSA) is 103 Å². The van der Waals surface area contributed by atoms with Crippen LogP contribution in [0.3, 0.4) is 0 Å². The number of halogens is 2. The fourth-order valence-electron chi connectivity index (χ4n) is 5.82. The summed E-state index contributed by atoms with van der Waals surface area (Å²) in [6, 6.07) is 13.0. The molecule has 3 amide bonds. The highest BCUT2D eigenvalue weighted by Crippen LogP contribution is 2.30. The van der Waals surface area contributed by atoms with Crippen molar-refractivity contribution in [3.8, 4) is 5.75 Å². The van der Waals surface area contributed by atoms with Crippen LogP contribution in [0.4, 0.5) is 4.79 Å². The number of nitrogens with zero attached hydrogens (tertiary/aromatic N) is 6. The summed E-state index contributed by atoms with van der Waals surface area (Å²) in [7, 11) is 0. The molecule has 1 aromatic carbocycles. The molecule has 1 aliphatic carbocycles. The Bertz CT molecular complexity index is 1730. The molecular weight excluding hydrogens is 685 g/mol. The number of benzene rings is 1. The number of amides is 3. The fraction of sp³-hybridized carbons (Fsp3) is 0.410. The Labute approximate surface area is 311 Å². The molecular formula is C39H47Cl2N7O3. The van der Waals surface area contributed by atoms with E-state index in [9.17, 15) is 9.59 Å². The molecule has 2 aromatic heterocycles. The van der Waals surface area contributed by atoms with Gasteiger partial charge in [0.2, 0.25) is 5.91 Å². The number of hydrogen-bond acceptors (Lipinski definition) is 7. The lowest BCUT2D eigenvalue weighted by atomic mass is 9.91. The number of allylic oxidation sites excluding steroid dienone is 3. The Morgan fingerprint density at radius 2 is 1.76 bits per heavy atom. The first-order valence-electron chi connectivity index (χ1n) is 17.4. The number of carbonyl (C=O) groups is 2. The van der Waals surface area contributed by atoms with Gasteiger partial charge in [-0.3, -0.25) is 29.6 Å². The van der Waals surface area contributed by atoms with Crippen molar-refractivity contribution in [3.63, 3.8) is 0 Å². The second-order valence-electron chi connectivity index (χ2n) is 13.7. The van der Waals surface area contributed by atoms with E-state index >= 15 is 0 Å². The van der Waals surface area contributed by atoms with Gasteiger partial charge in [-0.15, -0.1) is 0 Å². The Morgan fingerprint density at radius 3 is 2.41 bits per heavy atom. The summed E-state index contributed by atoms with van der Waals surface area (Å²) in [6.07, 6.45) is 11.9. The van der Waals surface area contributed by atoms with Crippen molar-refractivity contribution in [2.75, 3.05) is 45.9 Å². The van der Waals surface area contributed by atoms with Crippen LogP contribution >= 0.6 is 23.2 Å². The van der Waals surface area contributed by atoms with Gasteiger partial charge in [0, 0.05) is 91.0 Å². The fourth-order valence-corrected chi connectivity index (χ4v) is 6.11. The Hall–Kier alpha value is -4.25. The average Bonchev–Trinajstić information content (AvgIpc) is 3.12. The average molecular weight is 733 g/mol. The predicted octanol–water partition coefficient (Wildman–Crippen LogP) is 6.83. The zero-order valence-electron chi connectivity index (χ0n) is 29.8. The van der Waals surface area contributed by atoms with E-state index in [-0.39, 0.29) is 36.4 Å². The van der Waals surface area contributed by atoms with Gasteiger partial charge in [0.1, 0.15) is 11.6 Å². The molecule has 0 radical (unpaired) electrons. The van der Waals surface area contributed by atoms with Crippen molar-refractivity contribution in [2.24, 2.45) is 10.9 Å². The largest absolute Gasteiger partial charge is 0.493 e. The molecule has 5 rings (SSSR count). The van der Waals surface area contributed by atoms with Crippen molar-refractivity contribution >= 4 is 41.0 Å². The zero-order chi connectivity index (χ0) is 36.4. The number of carbonyl (C=O) groups excluding carboxylic acids is 2. The third kappa shape index (κ3) is 10.9. The van der Waals surface area contributed by atoms with E-state index in [4.69, 9.17) is 37.9 Å². The van der Waals surface area contributed by atoms with Crippen molar-refractivity contribution in [3.05, 3.63) is 112 Å². The van der Waals surface area contributed by atoms with Crippen LogP contribution in [0.25, 0.3) is 0 Å². The number of nitrogens with one attached hydrogen (secondary N) is 1. The van der Waals surface area contributed by atoms with Crippen LogP contribution < -0.4 is 10.1 Å². The molecule has 0 saturated carbocycles. The summed E-state index contributed by atoms with van der Waals surface area (Å²) < 4.78 is 6.22. The zero-order valence-corrected chi connectivity index (χ0v) is 31.3. The molecule has 3 aromatic rings. The summed E-state index contributed by atoms with van der Waals surface area (Å²) in [5.74, 6) is 1.15. The number of aliphatic imine (C=N–C) groups is 1. The first-order chi connectivity index (χ1) is 24.5. The quantitative estimate of drug-likeness (QED) is 0.171. The number of hydrogen-bond donors (Lipinski definition) is 1.